The van der Waals surface area contributed by atoms with Crippen LogP contribution < -0.4 is 4.74 Å². The molecule has 0 N–H and O–H groups in total. The zero-order chi connectivity index (χ0) is 16.2. The number of amides is 2. The number of hydrogen-bond donors (Lipinski definition) is 0. The summed E-state index contributed by atoms with van der Waals surface area (Å²) in [5, 5.41) is 0. The van der Waals surface area contributed by atoms with Gasteiger partial charge >= 0.3 is 6.03 Å². The minimum atomic E-state index is -0.362. The predicted octanol–water partition coefficient (Wildman–Crippen LogP) is 1.79. The van der Waals surface area contributed by atoms with E-state index in [1.807, 2.05) is 0 Å². The third kappa shape index (κ3) is 3.32. The zero-order valence-electron chi connectivity index (χ0n) is 13.4. The lowest BCUT2D eigenvalue weighted by atomic mass is 10.0. The van der Waals surface area contributed by atoms with E-state index in [-0.39, 0.29) is 17.9 Å². The van der Waals surface area contributed by atoms with Gasteiger partial charge in [0.15, 0.2) is 5.78 Å². The topological polar surface area (TPSA) is 59.1 Å². The van der Waals surface area contributed by atoms with Gasteiger partial charge in [0, 0.05) is 25.2 Å². The number of carbonyl (C=O) groups is 2. The summed E-state index contributed by atoms with van der Waals surface area (Å²) < 4.78 is 10.4. The molecule has 1 aromatic carbocycles. The van der Waals surface area contributed by atoms with Crippen LogP contribution in [0.3, 0.4) is 0 Å². The second-order valence-electron chi connectivity index (χ2n) is 5.83. The molecule has 0 spiro atoms. The summed E-state index contributed by atoms with van der Waals surface area (Å²) >= 11 is 0. The van der Waals surface area contributed by atoms with Crippen LogP contribution in [0.2, 0.25) is 0 Å². The molecule has 23 heavy (non-hydrogen) atoms. The number of Topliss-reactive ketones (excluding diaryl/α,β-unsaturated/α-hetero) is 1. The fourth-order valence-electron chi connectivity index (χ4n) is 3.15. The Hall–Kier alpha value is -2.08. The third-order valence-electron chi connectivity index (χ3n) is 4.46. The number of likely N-dealkylation sites (tertiary alicyclic amines) is 1. The number of methoxy groups -OCH3 is 1. The first kappa shape index (κ1) is 15.8. The van der Waals surface area contributed by atoms with E-state index in [2.05, 4.69) is 0 Å². The molecule has 0 saturated carbocycles. The monoisotopic (exact) mass is 318 g/mol. The molecule has 3 rings (SSSR count). The van der Waals surface area contributed by atoms with Gasteiger partial charge in [-0.2, -0.15) is 0 Å². The maximum absolute atomic E-state index is 12.8. The number of benzene rings is 1. The summed E-state index contributed by atoms with van der Waals surface area (Å²) in [6, 6.07) is 6.66. The lowest BCUT2D eigenvalue weighted by Crippen LogP contribution is -2.51. The smallest absolute Gasteiger partial charge is 0.320 e. The molecule has 2 saturated heterocycles. The lowest BCUT2D eigenvalue weighted by molar-refractivity contribution is 0.0415. The van der Waals surface area contributed by atoms with E-state index in [1.165, 1.54) is 0 Å². The largest absolute Gasteiger partial charge is 0.497 e. The van der Waals surface area contributed by atoms with Crippen LogP contribution in [-0.4, -0.2) is 67.6 Å². The average molecular weight is 318 g/mol. The zero-order valence-corrected chi connectivity index (χ0v) is 13.4. The number of nitrogens with zero attached hydrogens (tertiary/aromatic N) is 2. The first-order chi connectivity index (χ1) is 11.2. The predicted molar refractivity (Wildman–Crippen MR) is 84.8 cm³/mol. The van der Waals surface area contributed by atoms with Gasteiger partial charge in [-0.05, 0) is 37.1 Å². The van der Waals surface area contributed by atoms with Crippen molar-refractivity contribution in [2.75, 3.05) is 40.0 Å². The van der Waals surface area contributed by atoms with Crippen molar-refractivity contribution in [3.05, 3.63) is 29.8 Å². The van der Waals surface area contributed by atoms with Gasteiger partial charge in [0.25, 0.3) is 0 Å². The standard InChI is InChI=1S/C17H22N2O4/c1-22-14-6-4-13(5-7-14)16(20)15-3-2-8-19(15)17(21)18-9-11-23-12-10-18/h4-7,15H,2-3,8-12H2,1H3. The van der Waals surface area contributed by atoms with E-state index in [1.54, 1.807) is 41.2 Å². The van der Waals surface area contributed by atoms with Crippen molar-refractivity contribution in [3.8, 4) is 5.75 Å². The van der Waals surface area contributed by atoms with Gasteiger partial charge in [0.2, 0.25) is 0 Å². The van der Waals surface area contributed by atoms with Crippen LogP contribution in [0.5, 0.6) is 5.75 Å². The molecular weight excluding hydrogens is 296 g/mol. The molecule has 0 bridgehead atoms. The van der Waals surface area contributed by atoms with Crippen LogP contribution in [-0.2, 0) is 4.74 Å². The Balaban J connectivity index is 1.72. The Morgan fingerprint density at radius 2 is 1.83 bits per heavy atom. The highest BCUT2D eigenvalue weighted by Gasteiger charge is 2.36. The molecule has 0 aromatic heterocycles. The number of carbonyl (C=O) groups excluding carboxylic acids is 2. The Morgan fingerprint density at radius 1 is 1.13 bits per heavy atom. The molecule has 0 aliphatic carbocycles. The molecular formula is C17H22N2O4. The molecule has 2 aliphatic heterocycles. The SMILES string of the molecule is COc1ccc(C(=O)C2CCCN2C(=O)N2CCOCC2)cc1. The van der Waals surface area contributed by atoms with Gasteiger partial charge in [-0.25, -0.2) is 4.79 Å². The summed E-state index contributed by atoms with van der Waals surface area (Å²) in [6.07, 6.45) is 1.59. The number of hydrogen-bond acceptors (Lipinski definition) is 4. The molecule has 2 amide bonds. The molecule has 2 heterocycles. The second kappa shape index (κ2) is 7.00. The summed E-state index contributed by atoms with van der Waals surface area (Å²) in [4.78, 5) is 28.9. The van der Waals surface area contributed by atoms with E-state index in [0.717, 1.165) is 12.8 Å². The Kier molecular flexibility index (Phi) is 4.81. The van der Waals surface area contributed by atoms with Crippen molar-refractivity contribution < 1.29 is 19.1 Å². The van der Waals surface area contributed by atoms with Crippen LogP contribution in [0.15, 0.2) is 24.3 Å². The second-order valence-corrected chi connectivity index (χ2v) is 5.83. The Bertz CT molecular complexity index is 566. The number of ether oxygens (including phenoxy) is 2. The Labute approximate surface area is 136 Å². The maximum Gasteiger partial charge on any atom is 0.320 e. The average Bonchev–Trinajstić information content (AvgIpc) is 3.11. The minimum Gasteiger partial charge on any atom is -0.497 e. The fourth-order valence-corrected chi connectivity index (χ4v) is 3.15. The van der Waals surface area contributed by atoms with Gasteiger partial charge in [-0.15, -0.1) is 0 Å². The molecule has 2 aliphatic rings. The van der Waals surface area contributed by atoms with Crippen molar-refractivity contribution in [1.82, 2.24) is 9.80 Å². The third-order valence-corrected chi connectivity index (χ3v) is 4.46. The summed E-state index contributed by atoms with van der Waals surface area (Å²) in [6.45, 7) is 2.97. The fraction of sp³-hybridized carbons (Fsp3) is 0.529. The van der Waals surface area contributed by atoms with Gasteiger partial charge in [0.1, 0.15) is 5.75 Å². The summed E-state index contributed by atoms with van der Waals surface area (Å²) in [7, 11) is 1.59. The van der Waals surface area contributed by atoms with Gasteiger partial charge in [-0.3, -0.25) is 4.79 Å². The number of urea groups is 1. The molecule has 1 atom stereocenters. The molecule has 124 valence electrons. The molecule has 0 radical (unpaired) electrons. The lowest BCUT2D eigenvalue weighted by Gasteiger charge is -2.33. The van der Waals surface area contributed by atoms with E-state index in [4.69, 9.17) is 9.47 Å². The normalized spacial score (nSPS) is 21.3. The number of rotatable bonds is 3. The first-order valence-corrected chi connectivity index (χ1v) is 8.02. The number of ketones is 1. The van der Waals surface area contributed by atoms with Crippen LogP contribution in [0, 0.1) is 0 Å². The molecule has 6 nitrogen and oxygen atoms in total. The van der Waals surface area contributed by atoms with Crippen LogP contribution in [0.4, 0.5) is 4.79 Å². The maximum atomic E-state index is 12.8. The molecule has 1 aromatic rings. The summed E-state index contributed by atoms with van der Waals surface area (Å²) in [5.41, 5.74) is 0.623. The van der Waals surface area contributed by atoms with Gasteiger partial charge in [0.05, 0.1) is 26.4 Å². The molecule has 6 heteroatoms. The van der Waals surface area contributed by atoms with Gasteiger partial charge in [-0.1, -0.05) is 0 Å². The molecule has 2 fully saturated rings. The summed E-state index contributed by atoms with van der Waals surface area (Å²) in [5.74, 6) is 0.723. The molecule has 1 unspecified atom stereocenters. The van der Waals surface area contributed by atoms with Crippen molar-refractivity contribution in [2.45, 2.75) is 18.9 Å². The number of morpholine rings is 1. The highest BCUT2D eigenvalue weighted by Crippen LogP contribution is 2.24. The van der Waals surface area contributed by atoms with Crippen LogP contribution in [0.25, 0.3) is 0 Å². The quantitative estimate of drug-likeness (QED) is 0.797. The highest BCUT2D eigenvalue weighted by atomic mass is 16.5. The van der Waals surface area contributed by atoms with E-state index in [0.29, 0.717) is 44.2 Å². The highest BCUT2D eigenvalue weighted by molar-refractivity contribution is 6.02. The van der Waals surface area contributed by atoms with Crippen LogP contribution >= 0.6 is 0 Å². The van der Waals surface area contributed by atoms with Crippen molar-refractivity contribution >= 4 is 11.8 Å². The van der Waals surface area contributed by atoms with Crippen molar-refractivity contribution in [1.29, 1.82) is 0 Å². The van der Waals surface area contributed by atoms with E-state index in [9.17, 15) is 9.59 Å². The minimum absolute atomic E-state index is 0.00626. The first-order valence-electron chi connectivity index (χ1n) is 8.02. The Morgan fingerprint density at radius 3 is 2.48 bits per heavy atom. The van der Waals surface area contributed by atoms with Gasteiger partial charge < -0.3 is 19.3 Å². The van der Waals surface area contributed by atoms with E-state index < -0.39 is 0 Å². The van der Waals surface area contributed by atoms with E-state index >= 15 is 0 Å². The van der Waals surface area contributed by atoms with Crippen molar-refractivity contribution in [2.24, 2.45) is 0 Å². The van der Waals surface area contributed by atoms with Crippen LogP contribution in [0.1, 0.15) is 23.2 Å². The van der Waals surface area contributed by atoms with Crippen molar-refractivity contribution in [3.63, 3.8) is 0 Å².